The van der Waals surface area contributed by atoms with Crippen molar-refractivity contribution in [3.8, 4) is 5.69 Å². The summed E-state index contributed by atoms with van der Waals surface area (Å²) in [6, 6.07) is 10.2. The van der Waals surface area contributed by atoms with Crippen molar-refractivity contribution >= 4 is 28.5 Å². The molecule has 2 aliphatic rings. The van der Waals surface area contributed by atoms with Crippen LogP contribution in [0, 0.1) is 19.8 Å². The minimum Gasteiger partial charge on any atom is -0.352 e. The maximum Gasteiger partial charge on any atom is 0.252 e. The molecule has 0 spiro atoms. The Morgan fingerprint density at radius 1 is 1.19 bits per heavy atom. The van der Waals surface area contributed by atoms with Crippen LogP contribution in [-0.2, 0) is 0 Å². The number of fused-ring (bicyclic) bond motifs is 1. The molecule has 3 heterocycles. The molecule has 1 unspecified atom stereocenters. The van der Waals surface area contributed by atoms with E-state index < -0.39 is 0 Å². The molecule has 1 amide bonds. The van der Waals surface area contributed by atoms with E-state index in [1.54, 1.807) is 4.68 Å². The van der Waals surface area contributed by atoms with Crippen LogP contribution in [0.1, 0.15) is 53.8 Å². The average Bonchev–Trinajstić information content (AvgIpc) is 3.52. The summed E-state index contributed by atoms with van der Waals surface area (Å²) in [7, 11) is 0. The van der Waals surface area contributed by atoms with Crippen molar-refractivity contribution in [3.05, 3.63) is 52.3 Å². The topological polar surface area (TPSA) is 63.1 Å². The van der Waals surface area contributed by atoms with Crippen LogP contribution in [0.4, 0.5) is 0 Å². The Morgan fingerprint density at radius 3 is 2.75 bits per heavy atom. The predicted molar refractivity (Wildman–Crippen MR) is 128 cm³/mol. The molecule has 1 saturated heterocycles. The van der Waals surface area contributed by atoms with Crippen LogP contribution in [0.5, 0.6) is 0 Å². The van der Waals surface area contributed by atoms with E-state index in [9.17, 15) is 4.79 Å². The molecule has 0 bridgehead atoms. The van der Waals surface area contributed by atoms with Crippen LogP contribution in [0.3, 0.4) is 0 Å². The number of amides is 1. The Balaban J connectivity index is 1.37. The van der Waals surface area contributed by atoms with E-state index in [2.05, 4.69) is 15.3 Å². The Bertz CT molecular complexity index is 1150. The molecule has 168 valence electrons. The number of hydrogen-bond donors (Lipinski definition) is 1. The van der Waals surface area contributed by atoms with Crippen molar-refractivity contribution in [2.75, 3.05) is 19.6 Å². The molecule has 1 atom stereocenters. The standard InChI is InChI=1S/C25H30ClN5O/c1-16-13-20(25(32)27-14-18-11-12-30(15-18)19-7-3-4-8-19)23-17(2)29-31(24(23)28-16)22-10-6-5-9-21(22)26/h5-6,9-10,13,18-19H,3-4,7-8,11-12,14-15H2,1-2H3,(H,27,32). The fourth-order valence-corrected chi connectivity index (χ4v) is 5.56. The number of para-hydroxylation sites is 1. The van der Waals surface area contributed by atoms with Gasteiger partial charge in [0.15, 0.2) is 5.65 Å². The lowest BCUT2D eigenvalue weighted by Crippen LogP contribution is -2.34. The van der Waals surface area contributed by atoms with Gasteiger partial charge in [-0.1, -0.05) is 36.6 Å². The van der Waals surface area contributed by atoms with Crippen molar-refractivity contribution in [3.63, 3.8) is 0 Å². The van der Waals surface area contributed by atoms with E-state index in [0.29, 0.717) is 28.7 Å². The van der Waals surface area contributed by atoms with Crippen LogP contribution in [0.2, 0.25) is 5.02 Å². The Labute approximate surface area is 194 Å². The zero-order valence-electron chi connectivity index (χ0n) is 18.8. The molecule has 1 aliphatic heterocycles. The Morgan fingerprint density at radius 2 is 1.97 bits per heavy atom. The highest BCUT2D eigenvalue weighted by Crippen LogP contribution is 2.30. The minimum absolute atomic E-state index is 0.0541. The van der Waals surface area contributed by atoms with E-state index in [1.807, 2.05) is 44.2 Å². The number of benzene rings is 1. The molecule has 6 nitrogen and oxygen atoms in total. The molecule has 32 heavy (non-hydrogen) atoms. The monoisotopic (exact) mass is 451 g/mol. The summed E-state index contributed by atoms with van der Waals surface area (Å²) in [5.41, 5.74) is 3.60. The Kier molecular flexibility index (Phi) is 5.91. The van der Waals surface area contributed by atoms with Gasteiger partial charge < -0.3 is 10.2 Å². The molecule has 7 heteroatoms. The lowest BCUT2D eigenvalue weighted by atomic mass is 10.1. The Hall–Kier alpha value is -2.44. The van der Waals surface area contributed by atoms with E-state index in [0.717, 1.165) is 48.0 Å². The normalized spacial score (nSPS) is 19.8. The molecule has 1 saturated carbocycles. The number of nitrogens with one attached hydrogen (secondary N) is 1. The first kappa shape index (κ1) is 21.4. The lowest BCUT2D eigenvalue weighted by Gasteiger charge is -2.23. The SMILES string of the molecule is Cc1cc(C(=O)NCC2CCN(C3CCCC3)C2)c2c(C)nn(-c3ccccc3Cl)c2n1. The molecular formula is C25H30ClN5O. The van der Waals surface area contributed by atoms with Crippen molar-refractivity contribution in [2.45, 2.75) is 52.0 Å². The second-order valence-electron chi connectivity index (χ2n) is 9.26. The number of likely N-dealkylation sites (tertiary alicyclic amines) is 1. The second kappa shape index (κ2) is 8.83. The lowest BCUT2D eigenvalue weighted by molar-refractivity contribution is 0.0948. The summed E-state index contributed by atoms with van der Waals surface area (Å²) in [5.74, 6) is 0.464. The maximum atomic E-state index is 13.3. The van der Waals surface area contributed by atoms with Crippen LogP contribution >= 0.6 is 11.6 Å². The summed E-state index contributed by atoms with van der Waals surface area (Å²) in [6.45, 7) is 6.79. The molecule has 1 aromatic carbocycles. The van der Waals surface area contributed by atoms with Crippen LogP contribution < -0.4 is 5.32 Å². The number of aromatic nitrogens is 3. The van der Waals surface area contributed by atoms with Crippen LogP contribution in [0.25, 0.3) is 16.7 Å². The molecule has 2 fully saturated rings. The molecule has 1 aliphatic carbocycles. The van der Waals surface area contributed by atoms with Gasteiger partial charge in [0.05, 0.1) is 27.4 Å². The first-order valence-corrected chi connectivity index (χ1v) is 12.0. The van der Waals surface area contributed by atoms with Crippen molar-refractivity contribution in [1.82, 2.24) is 25.0 Å². The highest BCUT2D eigenvalue weighted by atomic mass is 35.5. The van der Waals surface area contributed by atoms with Gasteiger partial charge in [0.2, 0.25) is 0 Å². The minimum atomic E-state index is -0.0541. The first-order chi connectivity index (χ1) is 15.5. The molecule has 5 rings (SSSR count). The van der Waals surface area contributed by atoms with Gasteiger partial charge in [-0.05, 0) is 63.8 Å². The summed E-state index contributed by atoms with van der Waals surface area (Å²) < 4.78 is 1.74. The summed E-state index contributed by atoms with van der Waals surface area (Å²) in [5, 5.41) is 9.26. The van der Waals surface area contributed by atoms with Gasteiger partial charge in [-0.2, -0.15) is 5.10 Å². The van der Waals surface area contributed by atoms with Gasteiger partial charge in [0.25, 0.3) is 5.91 Å². The molecule has 3 aromatic rings. The van der Waals surface area contributed by atoms with Crippen molar-refractivity contribution in [2.24, 2.45) is 5.92 Å². The summed E-state index contributed by atoms with van der Waals surface area (Å²) in [4.78, 5) is 20.6. The number of hydrogen-bond acceptors (Lipinski definition) is 4. The van der Waals surface area contributed by atoms with Crippen molar-refractivity contribution < 1.29 is 4.79 Å². The van der Waals surface area contributed by atoms with E-state index in [4.69, 9.17) is 16.6 Å². The average molecular weight is 452 g/mol. The molecule has 0 radical (unpaired) electrons. The zero-order chi connectivity index (χ0) is 22.2. The number of nitrogens with zero attached hydrogens (tertiary/aromatic N) is 4. The van der Waals surface area contributed by atoms with Gasteiger partial charge in [-0.15, -0.1) is 0 Å². The summed E-state index contributed by atoms with van der Waals surface area (Å²) >= 11 is 6.42. The van der Waals surface area contributed by atoms with Crippen LogP contribution in [0.15, 0.2) is 30.3 Å². The van der Waals surface area contributed by atoms with Gasteiger partial charge in [0.1, 0.15) is 0 Å². The van der Waals surface area contributed by atoms with Gasteiger partial charge in [-0.3, -0.25) is 4.79 Å². The van der Waals surface area contributed by atoms with Crippen LogP contribution in [-0.4, -0.2) is 51.2 Å². The molecular weight excluding hydrogens is 422 g/mol. The smallest absolute Gasteiger partial charge is 0.252 e. The number of aryl methyl sites for hydroxylation is 2. The highest BCUT2D eigenvalue weighted by molar-refractivity contribution is 6.32. The fourth-order valence-electron chi connectivity index (χ4n) is 5.35. The number of pyridine rings is 1. The third-order valence-electron chi connectivity index (χ3n) is 6.98. The maximum absolute atomic E-state index is 13.3. The third kappa shape index (κ3) is 4.02. The van der Waals surface area contributed by atoms with Crippen molar-refractivity contribution in [1.29, 1.82) is 0 Å². The quantitative estimate of drug-likeness (QED) is 0.611. The molecule has 2 aromatic heterocycles. The predicted octanol–water partition coefficient (Wildman–Crippen LogP) is 4.69. The van der Waals surface area contributed by atoms with E-state index in [1.165, 1.54) is 25.7 Å². The number of halogens is 1. The van der Waals surface area contributed by atoms with E-state index in [-0.39, 0.29) is 5.91 Å². The summed E-state index contributed by atoms with van der Waals surface area (Å²) in [6.07, 6.45) is 6.55. The largest absolute Gasteiger partial charge is 0.352 e. The van der Waals surface area contributed by atoms with Gasteiger partial charge in [0, 0.05) is 24.8 Å². The first-order valence-electron chi connectivity index (χ1n) is 11.7. The highest BCUT2D eigenvalue weighted by Gasteiger charge is 2.30. The number of carbonyl (C=O) groups excluding carboxylic acids is 1. The number of carbonyl (C=O) groups is 1. The van der Waals surface area contributed by atoms with Gasteiger partial charge >= 0.3 is 0 Å². The fraction of sp³-hybridized carbons (Fsp3) is 0.480. The second-order valence-corrected chi connectivity index (χ2v) is 9.66. The molecule has 1 N–H and O–H groups in total. The zero-order valence-corrected chi connectivity index (χ0v) is 19.5. The van der Waals surface area contributed by atoms with E-state index >= 15 is 0 Å². The van der Waals surface area contributed by atoms with Gasteiger partial charge in [-0.25, -0.2) is 9.67 Å². The number of rotatable bonds is 5. The third-order valence-corrected chi connectivity index (χ3v) is 7.30.